The fraction of sp³-hybridized carbons (Fsp3) is 0.600. The van der Waals surface area contributed by atoms with Crippen molar-refractivity contribution < 1.29 is 22.7 Å². The van der Waals surface area contributed by atoms with Gasteiger partial charge < -0.3 is 15.4 Å². The van der Waals surface area contributed by atoms with E-state index in [1.807, 2.05) is 0 Å². The van der Waals surface area contributed by atoms with Crippen LogP contribution in [0, 0.1) is 10.8 Å². The largest absolute Gasteiger partial charge is 0.433 e. The summed E-state index contributed by atoms with van der Waals surface area (Å²) >= 11 is 0. The van der Waals surface area contributed by atoms with E-state index in [1.165, 1.54) is 13.2 Å². The molecule has 2 saturated carbocycles. The molecule has 5 nitrogen and oxygen atoms in total. The minimum atomic E-state index is -4.56. The van der Waals surface area contributed by atoms with Crippen LogP contribution in [0.2, 0.25) is 0 Å². The first kappa shape index (κ1) is 14.9. The number of methoxy groups -OCH3 is 1. The Labute approximate surface area is 130 Å². The van der Waals surface area contributed by atoms with Gasteiger partial charge in [-0.1, -0.05) is 6.07 Å². The molecular weight excluding hydrogens is 311 g/mol. The van der Waals surface area contributed by atoms with Crippen molar-refractivity contribution >= 4 is 11.7 Å². The molecule has 8 heteroatoms. The highest BCUT2D eigenvalue weighted by atomic mass is 19.4. The van der Waals surface area contributed by atoms with Crippen molar-refractivity contribution in [2.45, 2.75) is 31.7 Å². The maximum Gasteiger partial charge on any atom is 0.433 e. The molecule has 0 bridgehead atoms. The molecule has 2 heterocycles. The van der Waals surface area contributed by atoms with Crippen molar-refractivity contribution in [2.24, 2.45) is 10.8 Å². The second kappa shape index (κ2) is 4.45. The smallest absolute Gasteiger partial charge is 0.380 e. The van der Waals surface area contributed by atoms with E-state index in [0.29, 0.717) is 5.56 Å². The molecule has 2 aliphatic carbocycles. The van der Waals surface area contributed by atoms with Gasteiger partial charge in [-0.25, -0.2) is 4.98 Å². The number of hydrogen-bond donors (Lipinski definition) is 2. The zero-order chi connectivity index (χ0) is 16.5. The first-order valence-electron chi connectivity index (χ1n) is 7.42. The van der Waals surface area contributed by atoms with Crippen LogP contribution in [-0.4, -0.2) is 30.6 Å². The number of rotatable bonds is 4. The van der Waals surface area contributed by atoms with Crippen molar-refractivity contribution in [3.8, 4) is 0 Å². The van der Waals surface area contributed by atoms with E-state index in [0.717, 1.165) is 25.5 Å². The van der Waals surface area contributed by atoms with Gasteiger partial charge >= 0.3 is 6.18 Å². The molecule has 1 saturated heterocycles. The Kier molecular flexibility index (Phi) is 2.88. The number of halogens is 3. The molecule has 124 valence electrons. The Morgan fingerprint density at radius 3 is 2.74 bits per heavy atom. The number of carbonyl (C=O) groups is 1. The van der Waals surface area contributed by atoms with Crippen LogP contribution in [0.4, 0.5) is 19.0 Å². The third-order valence-corrected chi connectivity index (χ3v) is 5.38. The molecule has 0 radical (unpaired) electrons. The Hall–Kier alpha value is -1.67. The van der Waals surface area contributed by atoms with Gasteiger partial charge in [-0.05, 0) is 24.3 Å². The van der Waals surface area contributed by atoms with Crippen LogP contribution >= 0.6 is 0 Å². The molecule has 4 rings (SSSR count). The molecule has 1 aliphatic heterocycles. The lowest BCUT2D eigenvalue weighted by molar-refractivity contribution is -0.141. The highest BCUT2D eigenvalue weighted by Crippen LogP contribution is 2.89. The number of nitrogens with one attached hydrogen (secondary N) is 2. The number of piperidine rings is 2. The molecule has 0 aromatic carbocycles. The average molecular weight is 327 g/mol. The van der Waals surface area contributed by atoms with Gasteiger partial charge in [-0.15, -0.1) is 0 Å². The molecule has 0 spiro atoms. The predicted molar refractivity (Wildman–Crippen MR) is 74.5 cm³/mol. The summed E-state index contributed by atoms with van der Waals surface area (Å²) in [6.07, 6.45) is -2.49. The predicted octanol–water partition coefficient (Wildman–Crippen LogP) is 1.94. The Bertz CT molecular complexity index is 683. The monoisotopic (exact) mass is 327 g/mol. The highest BCUT2D eigenvalue weighted by Gasteiger charge is 2.89. The zero-order valence-corrected chi connectivity index (χ0v) is 12.5. The minimum absolute atomic E-state index is 0.0418. The van der Waals surface area contributed by atoms with Gasteiger partial charge in [0, 0.05) is 24.6 Å². The highest BCUT2D eigenvalue weighted by molar-refractivity contribution is 5.97. The van der Waals surface area contributed by atoms with E-state index >= 15 is 0 Å². The number of aromatic nitrogens is 1. The van der Waals surface area contributed by atoms with E-state index < -0.39 is 11.9 Å². The molecule has 1 aromatic rings. The topological polar surface area (TPSA) is 63.2 Å². The van der Waals surface area contributed by atoms with E-state index in [1.54, 1.807) is 0 Å². The summed E-state index contributed by atoms with van der Waals surface area (Å²) in [6, 6.07) is 1.84. The van der Waals surface area contributed by atoms with Crippen LogP contribution in [0.15, 0.2) is 12.1 Å². The standard InChI is InChI=1S/C15H16F3N3O2/c1-23-4-8-2-3-9(15(16,17)18)20-11(8)21-12(22)10-14-5-13(14,6-14)7-19-10/h2-3,10,19H,4-7H2,1H3,(H,20,21,22)/t10-,13?,14?/m1/s1. The van der Waals surface area contributed by atoms with Crippen LogP contribution in [0.1, 0.15) is 24.1 Å². The maximum absolute atomic E-state index is 12.8. The molecule has 1 atom stereocenters. The number of anilines is 1. The summed E-state index contributed by atoms with van der Waals surface area (Å²) in [6.45, 7) is 0.889. The average Bonchev–Trinajstić information content (AvgIpc) is 3.22. The van der Waals surface area contributed by atoms with Crippen LogP contribution in [0.5, 0.6) is 0 Å². The summed E-state index contributed by atoms with van der Waals surface area (Å²) in [5, 5.41) is 5.72. The molecule has 23 heavy (non-hydrogen) atoms. The Morgan fingerprint density at radius 1 is 1.48 bits per heavy atom. The third-order valence-electron chi connectivity index (χ3n) is 5.38. The van der Waals surface area contributed by atoms with Crippen LogP contribution in [0.3, 0.4) is 0 Å². The number of nitrogens with zero attached hydrogens (tertiary/aromatic N) is 1. The van der Waals surface area contributed by atoms with Crippen molar-refractivity contribution in [2.75, 3.05) is 19.0 Å². The number of hydrogen-bond acceptors (Lipinski definition) is 4. The fourth-order valence-electron chi connectivity index (χ4n) is 3.93. The molecule has 1 aromatic heterocycles. The molecule has 3 fully saturated rings. The summed E-state index contributed by atoms with van der Waals surface area (Å²) in [7, 11) is 1.43. The van der Waals surface area contributed by atoms with Gasteiger partial charge in [-0.2, -0.15) is 13.2 Å². The number of pyridine rings is 1. The first-order chi connectivity index (χ1) is 10.8. The van der Waals surface area contributed by atoms with Gasteiger partial charge in [0.05, 0.1) is 12.6 Å². The Balaban J connectivity index is 1.57. The second-order valence-corrected chi connectivity index (χ2v) is 6.73. The Morgan fingerprint density at radius 2 is 2.22 bits per heavy atom. The van der Waals surface area contributed by atoms with E-state index in [-0.39, 0.29) is 35.2 Å². The molecule has 0 unspecified atom stereocenters. The van der Waals surface area contributed by atoms with Crippen molar-refractivity contribution in [3.05, 3.63) is 23.4 Å². The van der Waals surface area contributed by atoms with Gasteiger partial charge in [0.1, 0.15) is 11.5 Å². The quantitative estimate of drug-likeness (QED) is 0.887. The third kappa shape index (κ3) is 2.08. The van der Waals surface area contributed by atoms with Crippen molar-refractivity contribution in [1.82, 2.24) is 10.3 Å². The minimum Gasteiger partial charge on any atom is -0.380 e. The number of carbonyl (C=O) groups excluding carboxylic acids is 1. The zero-order valence-electron chi connectivity index (χ0n) is 12.5. The van der Waals surface area contributed by atoms with Gasteiger partial charge in [0.25, 0.3) is 0 Å². The molecule has 1 amide bonds. The lowest BCUT2D eigenvalue weighted by Gasteiger charge is -2.21. The second-order valence-electron chi connectivity index (χ2n) is 6.73. The molecular formula is C15H16F3N3O2. The lowest BCUT2D eigenvalue weighted by Crippen LogP contribution is -2.44. The SMILES string of the molecule is COCc1ccc(C(F)(F)F)nc1NC(=O)[C@H]1NCC23CC12C3. The van der Waals surface area contributed by atoms with Crippen molar-refractivity contribution in [3.63, 3.8) is 0 Å². The first-order valence-corrected chi connectivity index (χ1v) is 7.42. The molecule has 3 aliphatic rings. The molecule has 2 N–H and O–H groups in total. The lowest BCUT2D eigenvalue weighted by atomic mass is 10.0. The van der Waals surface area contributed by atoms with Gasteiger partial charge in [0.2, 0.25) is 5.91 Å². The van der Waals surface area contributed by atoms with Crippen LogP contribution < -0.4 is 10.6 Å². The number of amides is 1. The van der Waals surface area contributed by atoms with E-state index in [9.17, 15) is 18.0 Å². The summed E-state index contributed by atoms with van der Waals surface area (Å²) in [5.74, 6) is -0.394. The van der Waals surface area contributed by atoms with Crippen LogP contribution in [0.25, 0.3) is 0 Å². The van der Waals surface area contributed by atoms with Crippen LogP contribution in [-0.2, 0) is 22.3 Å². The van der Waals surface area contributed by atoms with E-state index in [2.05, 4.69) is 15.6 Å². The summed E-state index contributed by atoms with van der Waals surface area (Å²) < 4.78 is 43.5. The van der Waals surface area contributed by atoms with Gasteiger partial charge in [0.15, 0.2) is 0 Å². The number of alkyl halides is 3. The van der Waals surface area contributed by atoms with Crippen molar-refractivity contribution in [1.29, 1.82) is 0 Å². The summed E-state index contributed by atoms with van der Waals surface area (Å²) in [5.41, 5.74) is -0.286. The van der Waals surface area contributed by atoms with Gasteiger partial charge in [-0.3, -0.25) is 4.79 Å². The normalized spacial score (nSPS) is 33.8. The fourth-order valence-corrected chi connectivity index (χ4v) is 3.93. The van der Waals surface area contributed by atoms with E-state index in [4.69, 9.17) is 4.74 Å². The number of ether oxygens (including phenoxy) is 1. The maximum atomic E-state index is 12.8. The summed E-state index contributed by atoms with van der Waals surface area (Å²) in [4.78, 5) is 16.0.